The lowest BCUT2D eigenvalue weighted by Crippen LogP contribution is -2.19. The van der Waals surface area contributed by atoms with Crippen LogP contribution >= 0.6 is 11.8 Å². The summed E-state index contributed by atoms with van der Waals surface area (Å²) < 4.78 is 12.7. The van der Waals surface area contributed by atoms with E-state index in [0.717, 1.165) is 30.9 Å². The molecule has 0 radical (unpaired) electrons. The summed E-state index contributed by atoms with van der Waals surface area (Å²) in [5, 5.41) is 7.45. The highest BCUT2D eigenvalue weighted by atomic mass is 32.2. The molecule has 1 unspecified atom stereocenters. The van der Waals surface area contributed by atoms with Crippen molar-refractivity contribution in [1.82, 2.24) is 9.78 Å². The third-order valence-electron chi connectivity index (χ3n) is 3.89. The molecule has 7 heteroatoms. The van der Waals surface area contributed by atoms with Crippen LogP contribution in [0, 0.1) is 0 Å². The summed E-state index contributed by atoms with van der Waals surface area (Å²) >= 11 is 1.53. The highest BCUT2D eigenvalue weighted by Gasteiger charge is 2.23. The zero-order valence-corrected chi connectivity index (χ0v) is 13.7. The van der Waals surface area contributed by atoms with Crippen LogP contribution in [0.2, 0.25) is 0 Å². The van der Waals surface area contributed by atoms with Crippen LogP contribution in [0.25, 0.3) is 0 Å². The zero-order chi connectivity index (χ0) is 15.5. The summed E-state index contributed by atoms with van der Waals surface area (Å²) in [7, 11) is 1.84. The lowest BCUT2D eigenvalue weighted by Gasteiger charge is -2.19. The van der Waals surface area contributed by atoms with Gasteiger partial charge in [-0.2, -0.15) is 5.10 Å². The molecule has 0 aromatic carbocycles. The molecule has 1 aromatic heterocycles. The van der Waals surface area contributed by atoms with E-state index in [1.54, 1.807) is 4.68 Å². The number of aromatic nitrogens is 2. The van der Waals surface area contributed by atoms with Crippen molar-refractivity contribution in [3.05, 3.63) is 22.4 Å². The molecule has 1 atom stereocenters. The molecule has 1 aromatic rings. The number of rotatable bonds is 3. The van der Waals surface area contributed by atoms with Crippen molar-refractivity contribution in [2.24, 2.45) is 7.05 Å². The summed E-state index contributed by atoms with van der Waals surface area (Å²) in [6, 6.07) is 1.95. The van der Waals surface area contributed by atoms with Gasteiger partial charge in [0, 0.05) is 31.4 Å². The molecule has 2 aliphatic heterocycles. The third-order valence-corrected chi connectivity index (χ3v) is 5.03. The van der Waals surface area contributed by atoms with Gasteiger partial charge < -0.3 is 14.8 Å². The van der Waals surface area contributed by atoms with E-state index in [1.165, 1.54) is 11.8 Å². The van der Waals surface area contributed by atoms with E-state index in [4.69, 9.17) is 9.47 Å². The van der Waals surface area contributed by atoms with Crippen LogP contribution in [0.5, 0.6) is 0 Å². The summed E-state index contributed by atoms with van der Waals surface area (Å²) in [6.07, 6.45) is 2.14. The number of hydrogen-bond acceptors (Lipinski definition) is 5. The van der Waals surface area contributed by atoms with Gasteiger partial charge in [-0.3, -0.25) is 9.48 Å². The predicted octanol–water partition coefficient (Wildman–Crippen LogP) is 2.25. The molecule has 1 saturated heterocycles. The van der Waals surface area contributed by atoms with E-state index in [0.29, 0.717) is 35.6 Å². The predicted molar refractivity (Wildman–Crippen MR) is 85.7 cm³/mol. The number of carbonyl (C=O) groups is 1. The molecule has 0 saturated carbocycles. The van der Waals surface area contributed by atoms with Crippen LogP contribution in [0.3, 0.4) is 0 Å². The Kier molecular flexibility index (Phi) is 4.73. The summed E-state index contributed by atoms with van der Waals surface area (Å²) in [6.45, 7) is 4.02. The van der Waals surface area contributed by atoms with Gasteiger partial charge in [0.05, 0.1) is 18.9 Å². The van der Waals surface area contributed by atoms with Crippen LogP contribution in [0.1, 0.15) is 31.4 Å². The molecule has 0 spiro atoms. The van der Waals surface area contributed by atoms with Crippen molar-refractivity contribution in [3.63, 3.8) is 0 Å². The van der Waals surface area contributed by atoms with E-state index in [9.17, 15) is 4.79 Å². The molecule has 1 amide bonds. The van der Waals surface area contributed by atoms with Crippen molar-refractivity contribution in [3.8, 4) is 0 Å². The Balaban J connectivity index is 1.72. The van der Waals surface area contributed by atoms with Crippen LogP contribution in [-0.4, -0.2) is 41.3 Å². The van der Waals surface area contributed by atoms with E-state index in [2.05, 4.69) is 10.4 Å². The minimum Gasteiger partial charge on any atom is -0.496 e. The third kappa shape index (κ3) is 3.30. The van der Waals surface area contributed by atoms with Crippen molar-refractivity contribution in [1.29, 1.82) is 0 Å². The maximum atomic E-state index is 12.4. The Morgan fingerprint density at radius 1 is 1.50 bits per heavy atom. The molecule has 0 bridgehead atoms. The number of hydrogen-bond donors (Lipinski definition) is 1. The average molecular weight is 323 g/mol. The van der Waals surface area contributed by atoms with Gasteiger partial charge >= 0.3 is 0 Å². The molecule has 22 heavy (non-hydrogen) atoms. The maximum Gasteiger partial charge on any atom is 0.266 e. The topological polar surface area (TPSA) is 65.4 Å². The number of carbonyl (C=O) groups excluding carboxylic acids is 1. The fraction of sp³-hybridized carbons (Fsp3) is 0.600. The molecule has 6 nitrogen and oxygen atoms in total. The molecule has 120 valence electrons. The lowest BCUT2D eigenvalue weighted by molar-refractivity contribution is -0.112. The smallest absolute Gasteiger partial charge is 0.266 e. The van der Waals surface area contributed by atoms with Gasteiger partial charge in [-0.25, -0.2) is 0 Å². The number of aryl methyl sites for hydroxylation is 1. The molecule has 3 heterocycles. The van der Waals surface area contributed by atoms with Gasteiger partial charge in [0.25, 0.3) is 5.91 Å². The largest absolute Gasteiger partial charge is 0.496 e. The number of amides is 1. The first-order chi connectivity index (χ1) is 10.6. The van der Waals surface area contributed by atoms with Crippen molar-refractivity contribution < 1.29 is 14.3 Å². The Hall–Kier alpha value is -1.47. The van der Waals surface area contributed by atoms with Gasteiger partial charge in [0.2, 0.25) is 0 Å². The average Bonchev–Trinajstić information content (AvgIpc) is 2.89. The van der Waals surface area contributed by atoms with E-state index in [-0.39, 0.29) is 5.91 Å². The highest BCUT2D eigenvalue weighted by molar-refractivity contribution is 8.04. The monoisotopic (exact) mass is 323 g/mol. The molecular weight excluding hydrogens is 302 g/mol. The molecule has 1 fully saturated rings. The Morgan fingerprint density at radius 3 is 3.09 bits per heavy atom. The first-order valence-electron chi connectivity index (χ1n) is 7.54. The fourth-order valence-electron chi connectivity index (χ4n) is 2.68. The molecule has 2 aliphatic rings. The van der Waals surface area contributed by atoms with Crippen LogP contribution in [0.4, 0.5) is 5.82 Å². The number of nitrogens with one attached hydrogen (secondary N) is 1. The first-order valence-corrected chi connectivity index (χ1v) is 8.53. The van der Waals surface area contributed by atoms with E-state index < -0.39 is 0 Å². The second-order valence-electron chi connectivity index (χ2n) is 5.53. The summed E-state index contributed by atoms with van der Waals surface area (Å²) in [5.41, 5.74) is 0.982. The first kappa shape index (κ1) is 15.4. The molecular formula is C15H21N3O3S. The second kappa shape index (κ2) is 6.75. The van der Waals surface area contributed by atoms with E-state index >= 15 is 0 Å². The SMILES string of the molecule is CC1=C(C(=O)Nc2cc(C3CCCOC3)nn2C)SCCO1. The standard InChI is InChI=1S/C15H21N3O3S/c1-10-14(22-7-6-21-10)15(19)16-13-8-12(17-18(13)2)11-4-3-5-20-9-11/h8,11H,3-7,9H2,1-2H3,(H,16,19). The number of thioether (sulfide) groups is 1. The van der Waals surface area contributed by atoms with Crippen LogP contribution in [-0.2, 0) is 21.3 Å². The second-order valence-corrected chi connectivity index (χ2v) is 6.63. The molecule has 1 N–H and O–H groups in total. The lowest BCUT2D eigenvalue weighted by atomic mass is 9.99. The van der Waals surface area contributed by atoms with Gasteiger partial charge in [-0.05, 0) is 19.8 Å². The quantitative estimate of drug-likeness (QED) is 0.924. The van der Waals surface area contributed by atoms with E-state index in [1.807, 2.05) is 20.0 Å². The Bertz CT molecular complexity index is 591. The normalized spacial score (nSPS) is 22.4. The van der Waals surface area contributed by atoms with Crippen molar-refractivity contribution >= 4 is 23.5 Å². The fourth-order valence-corrected chi connectivity index (χ4v) is 3.50. The zero-order valence-electron chi connectivity index (χ0n) is 12.9. The minimum absolute atomic E-state index is 0.128. The molecule has 0 aliphatic carbocycles. The molecule has 3 rings (SSSR count). The van der Waals surface area contributed by atoms with Crippen LogP contribution < -0.4 is 5.32 Å². The Morgan fingerprint density at radius 2 is 2.36 bits per heavy atom. The minimum atomic E-state index is -0.128. The van der Waals surface area contributed by atoms with Crippen LogP contribution in [0.15, 0.2) is 16.7 Å². The van der Waals surface area contributed by atoms with Gasteiger partial charge in [0.15, 0.2) is 0 Å². The maximum absolute atomic E-state index is 12.4. The number of anilines is 1. The van der Waals surface area contributed by atoms with Gasteiger partial charge in [-0.15, -0.1) is 11.8 Å². The summed E-state index contributed by atoms with van der Waals surface area (Å²) in [4.78, 5) is 13.0. The Labute approximate surface area is 134 Å². The number of nitrogens with zero attached hydrogens (tertiary/aromatic N) is 2. The number of allylic oxidation sites excluding steroid dienone is 1. The van der Waals surface area contributed by atoms with Crippen molar-refractivity contribution in [2.45, 2.75) is 25.7 Å². The highest BCUT2D eigenvalue weighted by Crippen LogP contribution is 2.29. The van der Waals surface area contributed by atoms with Gasteiger partial charge in [-0.1, -0.05) is 0 Å². The van der Waals surface area contributed by atoms with Gasteiger partial charge in [0.1, 0.15) is 16.5 Å². The van der Waals surface area contributed by atoms with Crippen molar-refractivity contribution in [2.75, 3.05) is 30.9 Å². The number of ether oxygens (including phenoxy) is 2. The summed E-state index contributed by atoms with van der Waals surface area (Å²) in [5.74, 6) is 2.39.